The van der Waals surface area contributed by atoms with Gasteiger partial charge in [0.1, 0.15) is 5.82 Å². The molecule has 0 aromatic heterocycles. The van der Waals surface area contributed by atoms with Gasteiger partial charge in [0.15, 0.2) is 0 Å². The second kappa shape index (κ2) is 4.75. The first-order chi connectivity index (χ1) is 6.93. The first-order valence-corrected chi connectivity index (χ1v) is 5.39. The molecule has 4 heteroatoms. The summed E-state index contributed by atoms with van der Waals surface area (Å²) in [5, 5.41) is 8.66. The third kappa shape index (κ3) is 2.78. The molecule has 0 bridgehead atoms. The molecule has 1 aromatic carbocycles. The fourth-order valence-electron chi connectivity index (χ4n) is 1.49. The summed E-state index contributed by atoms with van der Waals surface area (Å²) in [7, 11) is 0. The normalized spacial score (nSPS) is 12.5. The fourth-order valence-corrected chi connectivity index (χ4v) is 2.21. The van der Waals surface area contributed by atoms with Crippen molar-refractivity contribution in [1.29, 1.82) is 0 Å². The van der Waals surface area contributed by atoms with Crippen molar-refractivity contribution < 1.29 is 14.3 Å². The summed E-state index contributed by atoms with van der Waals surface area (Å²) in [5.74, 6) is -1.62. The lowest BCUT2D eigenvalue weighted by atomic mass is 9.96. The molecule has 82 valence electrons. The van der Waals surface area contributed by atoms with E-state index < -0.39 is 5.97 Å². The monoisotopic (exact) mass is 274 g/mol. The van der Waals surface area contributed by atoms with Gasteiger partial charge in [0.05, 0.1) is 6.42 Å². The van der Waals surface area contributed by atoms with Crippen LogP contribution in [0.2, 0.25) is 0 Å². The van der Waals surface area contributed by atoms with Crippen molar-refractivity contribution >= 4 is 21.9 Å². The molecule has 0 aliphatic carbocycles. The number of carboxylic acids is 1. The van der Waals surface area contributed by atoms with Crippen LogP contribution in [0.3, 0.4) is 0 Å². The van der Waals surface area contributed by atoms with Gasteiger partial charge in [-0.15, -0.1) is 0 Å². The SMILES string of the molecule is Cc1ccc(F)c(C(C)CC(=O)O)c1Br. The minimum Gasteiger partial charge on any atom is -0.481 e. The maximum absolute atomic E-state index is 13.5. The number of carbonyl (C=O) groups is 1. The number of rotatable bonds is 3. The molecule has 0 radical (unpaired) electrons. The zero-order valence-electron chi connectivity index (χ0n) is 8.55. The maximum atomic E-state index is 13.5. The van der Waals surface area contributed by atoms with Gasteiger partial charge in [-0.2, -0.15) is 0 Å². The van der Waals surface area contributed by atoms with E-state index in [1.807, 2.05) is 6.92 Å². The minimum atomic E-state index is -0.921. The van der Waals surface area contributed by atoms with Crippen molar-refractivity contribution in [3.05, 3.63) is 33.5 Å². The first-order valence-electron chi connectivity index (χ1n) is 4.59. The van der Waals surface area contributed by atoms with Crippen LogP contribution in [0.4, 0.5) is 4.39 Å². The van der Waals surface area contributed by atoms with Crippen molar-refractivity contribution in [2.24, 2.45) is 0 Å². The van der Waals surface area contributed by atoms with E-state index in [1.54, 1.807) is 13.0 Å². The van der Waals surface area contributed by atoms with Crippen LogP contribution in [0.1, 0.15) is 30.4 Å². The number of benzene rings is 1. The number of hydrogen-bond acceptors (Lipinski definition) is 1. The lowest BCUT2D eigenvalue weighted by Gasteiger charge is -2.14. The molecular weight excluding hydrogens is 263 g/mol. The Balaban J connectivity index is 3.12. The van der Waals surface area contributed by atoms with E-state index in [4.69, 9.17) is 5.11 Å². The van der Waals surface area contributed by atoms with Crippen LogP contribution in [0, 0.1) is 12.7 Å². The van der Waals surface area contributed by atoms with Crippen molar-refractivity contribution in [2.45, 2.75) is 26.2 Å². The summed E-state index contributed by atoms with van der Waals surface area (Å²) in [4.78, 5) is 10.6. The molecule has 1 unspecified atom stereocenters. The summed E-state index contributed by atoms with van der Waals surface area (Å²) >= 11 is 3.29. The molecule has 2 nitrogen and oxygen atoms in total. The standard InChI is InChI=1S/C11H12BrFO2/c1-6-3-4-8(13)10(11(6)12)7(2)5-9(14)15/h3-4,7H,5H2,1-2H3,(H,14,15). The second-order valence-corrected chi connectivity index (χ2v) is 4.38. The van der Waals surface area contributed by atoms with Gasteiger partial charge in [-0.05, 0) is 24.5 Å². The Kier molecular flexibility index (Phi) is 3.85. The van der Waals surface area contributed by atoms with Crippen molar-refractivity contribution in [2.75, 3.05) is 0 Å². The van der Waals surface area contributed by atoms with Crippen LogP contribution in [0.25, 0.3) is 0 Å². The van der Waals surface area contributed by atoms with Crippen molar-refractivity contribution in [3.8, 4) is 0 Å². The van der Waals surface area contributed by atoms with E-state index >= 15 is 0 Å². The van der Waals surface area contributed by atoms with Crippen LogP contribution in [0.5, 0.6) is 0 Å². The Labute approximate surface area is 96.2 Å². The largest absolute Gasteiger partial charge is 0.481 e. The number of hydrogen-bond donors (Lipinski definition) is 1. The molecule has 0 aliphatic rings. The van der Waals surface area contributed by atoms with E-state index in [1.165, 1.54) is 6.07 Å². The smallest absolute Gasteiger partial charge is 0.303 e. The number of halogens is 2. The predicted molar refractivity (Wildman–Crippen MR) is 59.5 cm³/mol. The maximum Gasteiger partial charge on any atom is 0.303 e. The van der Waals surface area contributed by atoms with Crippen LogP contribution in [0.15, 0.2) is 16.6 Å². The van der Waals surface area contributed by atoms with Crippen LogP contribution >= 0.6 is 15.9 Å². The molecular formula is C11H12BrFO2. The van der Waals surface area contributed by atoms with E-state index in [-0.39, 0.29) is 18.2 Å². The van der Waals surface area contributed by atoms with Gasteiger partial charge >= 0.3 is 5.97 Å². The van der Waals surface area contributed by atoms with Crippen LogP contribution < -0.4 is 0 Å². The first kappa shape index (κ1) is 12.2. The van der Waals surface area contributed by atoms with Gasteiger partial charge in [0.25, 0.3) is 0 Å². The van der Waals surface area contributed by atoms with Crippen LogP contribution in [-0.2, 0) is 4.79 Å². The van der Waals surface area contributed by atoms with Gasteiger partial charge < -0.3 is 5.11 Å². The summed E-state index contributed by atoms with van der Waals surface area (Å²) in [6.45, 7) is 3.55. The summed E-state index contributed by atoms with van der Waals surface area (Å²) in [6.07, 6.45) is -0.0705. The highest BCUT2D eigenvalue weighted by Gasteiger charge is 2.18. The summed E-state index contributed by atoms with van der Waals surface area (Å²) < 4.78 is 14.2. The minimum absolute atomic E-state index is 0.0705. The topological polar surface area (TPSA) is 37.3 Å². The van der Waals surface area contributed by atoms with E-state index in [9.17, 15) is 9.18 Å². The van der Waals surface area contributed by atoms with Gasteiger partial charge in [-0.1, -0.05) is 28.9 Å². The molecule has 0 saturated carbocycles. The average Bonchev–Trinajstić information content (AvgIpc) is 2.11. The Morgan fingerprint density at radius 1 is 1.60 bits per heavy atom. The van der Waals surface area contributed by atoms with Crippen molar-refractivity contribution in [1.82, 2.24) is 0 Å². The average molecular weight is 275 g/mol. The molecule has 1 aromatic rings. The highest BCUT2D eigenvalue weighted by Crippen LogP contribution is 2.32. The van der Waals surface area contributed by atoms with Gasteiger partial charge in [0.2, 0.25) is 0 Å². The number of aryl methyl sites for hydroxylation is 1. The molecule has 15 heavy (non-hydrogen) atoms. The van der Waals surface area contributed by atoms with Gasteiger partial charge in [-0.3, -0.25) is 4.79 Å². The Morgan fingerprint density at radius 3 is 2.73 bits per heavy atom. The number of aliphatic carboxylic acids is 1. The Hall–Kier alpha value is -0.900. The highest BCUT2D eigenvalue weighted by molar-refractivity contribution is 9.10. The lowest BCUT2D eigenvalue weighted by molar-refractivity contribution is -0.137. The fraction of sp³-hybridized carbons (Fsp3) is 0.364. The third-order valence-electron chi connectivity index (χ3n) is 2.29. The van der Waals surface area contributed by atoms with Crippen LogP contribution in [-0.4, -0.2) is 11.1 Å². The Morgan fingerprint density at radius 2 is 2.20 bits per heavy atom. The molecule has 1 N–H and O–H groups in total. The van der Waals surface area contributed by atoms with Gasteiger partial charge in [-0.25, -0.2) is 4.39 Å². The molecule has 0 saturated heterocycles. The third-order valence-corrected chi connectivity index (χ3v) is 3.35. The summed E-state index contributed by atoms with van der Waals surface area (Å²) in [6, 6.07) is 3.03. The van der Waals surface area contributed by atoms with E-state index in [2.05, 4.69) is 15.9 Å². The van der Waals surface area contributed by atoms with Gasteiger partial charge in [0, 0.05) is 10.0 Å². The lowest BCUT2D eigenvalue weighted by Crippen LogP contribution is -2.06. The predicted octanol–water partition coefficient (Wildman–Crippen LogP) is 3.47. The van der Waals surface area contributed by atoms with E-state index in [0.29, 0.717) is 10.0 Å². The molecule has 0 amide bonds. The zero-order valence-corrected chi connectivity index (χ0v) is 10.1. The molecule has 0 heterocycles. The molecule has 1 rings (SSSR count). The zero-order chi connectivity index (χ0) is 11.6. The molecule has 0 fully saturated rings. The summed E-state index contributed by atoms with van der Waals surface area (Å²) in [5.41, 5.74) is 1.35. The Bertz CT molecular complexity index is 390. The van der Waals surface area contributed by atoms with E-state index in [0.717, 1.165) is 5.56 Å². The molecule has 0 aliphatic heterocycles. The van der Waals surface area contributed by atoms with Crippen molar-refractivity contribution in [3.63, 3.8) is 0 Å². The molecule has 0 spiro atoms. The second-order valence-electron chi connectivity index (χ2n) is 3.59. The molecule has 1 atom stereocenters. The number of carboxylic acid groups (broad SMARTS) is 1. The quantitative estimate of drug-likeness (QED) is 0.917. The highest BCUT2D eigenvalue weighted by atomic mass is 79.9.